The zero-order valence-electron chi connectivity index (χ0n) is 32.2. The summed E-state index contributed by atoms with van der Waals surface area (Å²) in [6.07, 6.45) is 4.91. The average molecular weight is 851 g/mol. The quantitative estimate of drug-likeness (QED) is 0.101. The molecule has 5 heteroatoms. The van der Waals surface area contributed by atoms with E-state index in [9.17, 15) is 9.90 Å². The van der Waals surface area contributed by atoms with Gasteiger partial charge in [0.2, 0.25) is 0 Å². The second-order valence-electron chi connectivity index (χ2n) is 16.4. The smallest absolute Gasteiger partial charge is 0.162 e. The van der Waals surface area contributed by atoms with E-state index in [0.29, 0.717) is 0 Å². The molecule has 0 unspecified atom stereocenters. The summed E-state index contributed by atoms with van der Waals surface area (Å²) < 4.78 is 6.87. The Hall–Kier alpha value is -3.27. The first-order chi connectivity index (χ1) is 23.0. The third-order valence-corrected chi connectivity index (χ3v) is 10.7. The van der Waals surface area contributed by atoms with Gasteiger partial charge in [0.1, 0.15) is 5.58 Å². The molecule has 0 atom stereocenters. The molecule has 2 aromatic heterocycles. The normalized spacial score (nSPS) is 14.2. The molecule has 0 bridgehead atoms. The van der Waals surface area contributed by atoms with E-state index in [4.69, 9.17) is 9.40 Å². The van der Waals surface area contributed by atoms with Crippen LogP contribution >= 0.6 is 0 Å². The van der Waals surface area contributed by atoms with Crippen LogP contribution in [0.1, 0.15) is 131 Å². The van der Waals surface area contributed by atoms with Crippen molar-refractivity contribution < 1.29 is 34.4 Å². The molecule has 5 aromatic rings. The minimum atomic E-state index is -0.243. The van der Waals surface area contributed by atoms with Gasteiger partial charge in [-0.3, -0.25) is 9.78 Å². The zero-order chi connectivity index (χ0) is 36.1. The number of aliphatic hydroxyl groups excluding tert-OH is 1. The fourth-order valence-corrected chi connectivity index (χ4v) is 7.48. The Balaban J connectivity index is 0.000000301. The number of nitrogens with zero attached hydrogens (tertiary/aromatic N) is 1. The molecule has 1 aliphatic rings. The van der Waals surface area contributed by atoms with E-state index in [1.54, 1.807) is 0 Å². The molecule has 0 amide bonds. The SMILES string of the molecule is CC(C)(C)c1c[c-]c2c3c1oc1c(C(C)(C)C)ccc(c13)C(C)(C)c1cc3ccccc3nc1-2.CCC(CC)C(=O)/C=C(\O)C(CC)CC.[Ir]. The van der Waals surface area contributed by atoms with Crippen molar-refractivity contribution in [1.82, 2.24) is 4.98 Å². The van der Waals surface area contributed by atoms with Crippen LogP contribution in [0.3, 0.4) is 0 Å². The predicted molar refractivity (Wildman–Crippen MR) is 207 cm³/mol. The van der Waals surface area contributed by atoms with E-state index >= 15 is 0 Å². The van der Waals surface area contributed by atoms with Crippen LogP contribution in [0.5, 0.6) is 0 Å². The van der Waals surface area contributed by atoms with Crippen molar-refractivity contribution in [3.63, 3.8) is 0 Å². The Bertz CT molecular complexity index is 2040. The first-order valence-corrected chi connectivity index (χ1v) is 18.3. The first-order valence-electron chi connectivity index (χ1n) is 18.3. The number of hydrogen-bond acceptors (Lipinski definition) is 4. The molecule has 50 heavy (non-hydrogen) atoms. The van der Waals surface area contributed by atoms with Crippen molar-refractivity contribution in [2.45, 2.75) is 125 Å². The Morgan fingerprint density at radius 2 is 1.42 bits per heavy atom. The summed E-state index contributed by atoms with van der Waals surface area (Å²) in [5.41, 5.74) is 9.71. The monoisotopic (exact) mass is 851 g/mol. The third-order valence-electron chi connectivity index (χ3n) is 10.7. The van der Waals surface area contributed by atoms with Crippen LogP contribution in [0, 0.1) is 17.9 Å². The van der Waals surface area contributed by atoms with Crippen molar-refractivity contribution in [2.75, 3.05) is 0 Å². The minimum Gasteiger partial charge on any atom is -0.512 e. The van der Waals surface area contributed by atoms with E-state index < -0.39 is 0 Å². The van der Waals surface area contributed by atoms with Gasteiger partial charge in [-0.1, -0.05) is 136 Å². The average Bonchev–Trinajstić information content (AvgIpc) is 3.40. The molecule has 1 radical (unpaired) electrons. The molecular weight excluding hydrogens is 795 g/mol. The van der Waals surface area contributed by atoms with Gasteiger partial charge in [0, 0.05) is 43.4 Å². The van der Waals surface area contributed by atoms with Crippen molar-refractivity contribution in [3.8, 4) is 11.3 Å². The molecule has 6 rings (SSSR count). The van der Waals surface area contributed by atoms with Gasteiger partial charge in [0.25, 0.3) is 0 Å². The number of benzene rings is 3. The number of rotatable bonds is 7. The molecule has 1 aliphatic carbocycles. The van der Waals surface area contributed by atoms with Gasteiger partial charge in [-0.25, -0.2) is 0 Å². The Kier molecular flexibility index (Phi) is 11.7. The number of hydrogen-bond donors (Lipinski definition) is 1. The maximum atomic E-state index is 11.7. The van der Waals surface area contributed by atoms with E-state index in [-0.39, 0.29) is 59.7 Å². The summed E-state index contributed by atoms with van der Waals surface area (Å²) in [5.74, 6) is 0.547. The minimum absolute atomic E-state index is 0. The van der Waals surface area contributed by atoms with Crippen LogP contribution in [-0.4, -0.2) is 15.9 Å². The second kappa shape index (κ2) is 14.8. The number of furan rings is 1. The number of aliphatic hydroxyl groups is 1. The maximum absolute atomic E-state index is 11.7. The molecule has 2 heterocycles. The summed E-state index contributed by atoms with van der Waals surface area (Å²) in [6.45, 7) is 26.3. The predicted octanol–water partition coefficient (Wildman–Crippen LogP) is 12.7. The third kappa shape index (κ3) is 7.10. The Labute approximate surface area is 313 Å². The molecule has 4 nitrogen and oxygen atoms in total. The standard InChI is InChI=1S/C32H32NO.C13H24O2.Ir/c1-30(2,3)21-14-13-19-25-26-20(15-16-22(31(4,5)6)29(26)34-28(21)25)32(7,8)23-17-18-11-9-10-12-24(18)33-27(19)23;1-5-10(6-2)12(14)9-13(15)11(7-3)8-4;/h9-12,14-17H,1-8H3;9-11,14H,5-8H2,1-4H3;/q-1;;/b;12-9-;. The van der Waals surface area contributed by atoms with Crippen LogP contribution in [0.15, 0.2) is 64.8 Å². The van der Waals surface area contributed by atoms with Crippen molar-refractivity contribution >= 4 is 38.6 Å². The molecule has 269 valence electrons. The Morgan fingerprint density at radius 3 is 2.00 bits per heavy atom. The number of para-hydroxylation sites is 1. The fraction of sp³-hybridized carbons (Fsp3) is 0.467. The molecular formula is C45H56IrNO3-. The van der Waals surface area contributed by atoms with Crippen molar-refractivity contribution in [1.29, 1.82) is 0 Å². The molecule has 0 fully saturated rings. The van der Waals surface area contributed by atoms with Gasteiger partial charge in [0.15, 0.2) is 5.78 Å². The molecule has 0 aliphatic heterocycles. The maximum Gasteiger partial charge on any atom is 0.162 e. The van der Waals surface area contributed by atoms with Gasteiger partial charge in [0.05, 0.1) is 16.9 Å². The molecule has 1 N–H and O–H groups in total. The Morgan fingerprint density at radius 1 is 0.840 bits per heavy atom. The van der Waals surface area contributed by atoms with Gasteiger partial charge < -0.3 is 9.52 Å². The van der Waals surface area contributed by atoms with Gasteiger partial charge in [-0.15, -0.1) is 17.7 Å². The van der Waals surface area contributed by atoms with E-state index in [1.807, 2.05) is 27.7 Å². The van der Waals surface area contributed by atoms with Gasteiger partial charge in [-0.05, 0) is 70.2 Å². The van der Waals surface area contributed by atoms with Gasteiger partial charge >= 0.3 is 0 Å². The fourth-order valence-electron chi connectivity index (χ4n) is 7.48. The van der Waals surface area contributed by atoms with Crippen LogP contribution in [0.4, 0.5) is 0 Å². The molecule has 0 spiro atoms. The number of allylic oxidation sites excluding steroid dienone is 2. The van der Waals surface area contributed by atoms with E-state index in [1.165, 1.54) is 39.1 Å². The second-order valence-corrected chi connectivity index (χ2v) is 16.4. The number of aromatic nitrogens is 1. The topological polar surface area (TPSA) is 63.3 Å². The van der Waals surface area contributed by atoms with Crippen LogP contribution in [0.25, 0.3) is 44.1 Å². The summed E-state index contributed by atoms with van der Waals surface area (Å²) in [6, 6.07) is 21.2. The van der Waals surface area contributed by atoms with Crippen molar-refractivity contribution in [3.05, 3.63) is 88.7 Å². The summed E-state index contributed by atoms with van der Waals surface area (Å²) >= 11 is 0. The van der Waals surface area contributed by atoms with Crippen LogP contribution in [-0.2, 0) is 41.1 Å². The molecule has 0 saturated heterocycles. The van der Waals surface area contributed by atoms with Crippen molar-refractivity contribution in [2.24, 2.45) is 11.8 Å². The summed E-state index contributed by atoms with van der Waals surface area (Å²) in [7, 11) is 0. The van der Waals surface area contributed by atoms with Gasteiger partial charge in [-0.2, -0.15) is 0 Å². The molecule has 0 saturated carbocycles. The number of carbonyl (C=O) groups is 1. The first kappa shape index (κ1) is 39.5. The van der Waals surface area contributed by atoms with E-state index in [0.717, 1.165) is 59.0 Å². The van der Waals surface area contributed by atoms with E-state index in [2.05, 4.69) is 110 Å². The van der Waals surface area contributed by atoms with Crippen LogP contribution < -0.4 is 0 Å². The van der Waals surface area contributed by atoms with Crippen LogP contribution in [0.2, 0.25) is 0 Å². The number of pyridine rings is 1. The number of ketones is 1. The number of fused-ring (bicyclic) bond motifs is 3. The summed E-state index contributed by atoms with van der Waals surface area (Å²) in [5, 5.41) is 13.3. The number of carbonyl (C=O) groups excluding carboxylic acids is 1. The molecule has 3 aromatic carbocycles. The zero-order valence-corrected chi connectivity index (χ0v) is 34.6. The summed E-state index contributed by atoms with van der Waals surface area (Å²) in [4.78, 5) is 17.0. The largest absolute Gasteiger partial charge is 0.512 e.